The quantitative estimate of drug-likeness (QED) is 0.495. The number of hydrogen-bond acceptors (Lipinski definition) is 6. The summed E-state index contributed by atoms with van der Waals surface area (Å²) in [7, 11) is 2.12. The number of ether oxygens (including phenoxy) is 1. The van der Waals surface area contributed by atoms with Crippen LogP contribution in [0, 0.1) is 0 Å². The molecular weight excluding hydrogens is 524 g/mol. The fourth-order valence-corrected chi connectivity index (χ4v) is 7.31. The van der Waals surface area contributed by atoms with Crippen molar-refractivity contribution in [1.82, 2.24) is 19.1 Å². The molecule has 1 N–H and O–H groups in total. The van der Waals surface area contributed by atoms with Crippen molar-refractivity contribution < 1.29 is 17.9 Å². The van der Waals surface area contributed by atoms with Crippen LogP contribution >= 0.6 is 0 Å². The zero-order valence-electron chi connectivity index (χ0n) is 24.0. The van der Waals surface area contributed by atoms with Crippen molar-refractivity contribution in [2.75, 3.05) is 53.1 Å². The molecule has 40 heavy (non-hydrogen) atoms. The van der Waals surface area contributed by atoms with E-state index in [2.05, 4.69) is 38.3 Å². The normalized spacial score (nSPS) is 20.5. The van der Waals surface area contributed by atoms with Gasteiger partial charge in [-0.15, -0.1) is 0 Å². The van der Waals surface area contributed by atoms with Crippen LogP contribution in [0.4, 0.5) is 0 Å². The predicted molar refractivity (Wildman–Crippen MR) is 161 cm³/mol. The van der Waals surface area contributed by atoms with Gasteiger partial charge in [0.2, 0.25) is 10.0 Å². The van der Waals surface area contributed by atoms with E-state index >= 15 is 0 Å². The number of sulfonamides is 1. The Morgan fingerprint density at radius 2 is 1.57 bits per heavy atom. The van der Waals surface area contributed by atoms with Crippen LogP contribution in [0.15, 0.2) is 42.5 Å². The molecule has 5 rings (SSSR count). The average molecular weight is 567 g/mol. The lowest BCUT2D eigenvalue weighted by Crippen LogP contribution is -2.36. The third kappa shape index (κ3) is 6.21. The summed E-state index contributed by atoms with van der Waals surface area (Å²) in [5, 5.41) is 1.13. The standard InChI is InChI=1S/C31H42N4O4S/c1-33-16-9-21-40(37,38)32-31(36)24-14-15-25-27(22-24)35(20-19-34(2)18-17-33)30(26-12-7-8-13-28(26)39-3)29(25)23-10-5-4-6-11-23/h7-8,12-15,22-23H,4-6,9-11,16-21H2,1-3H3,(H,32,36). The Bertz CT molecular complexity index is 1460. The first-order valence-corrected chi connectivity index (χ1v) is 16.1. The summed E-state index contributed by atoms with van der Waals surface area (Å²) in [6.45, 7) is 3.95. The zero-order valence-corrected chi connectivity index (χ0v) is 24.8. The number of likely N-dealkylation sites (N-methyl/N-ethyl adjacent to an activating group) is 2. The maximum absolute atomic E-state index is 13.2. The van der Waals surface area contributed by atoms with E-state index in [9.17, 15) is 13.2 Å². The highest BCUT2D eigenvalue weighted by Gasteiger charge is 2.29. The van der Waals surface area contributed by atoms with Gasteiger partial charge in [-0.3, -0.25) is 4.79 Å². The highest BCUT2D eigenvalue weighted by Crippen LogP contribution is 2.46. The average Bonchev–Trinajstić information content (AvgIpc) is 3.27. The largest absolute Gasteiger partial charge is 0.496 e. The first-order valence-electron chi connectivity index (χ1n) is 14.5. The minimum Gasteiger partial charge on any atom is -0.496 e. The van der Waals surface area contributed by atoms with E-state index in [0.29, 0.717) is 24.4 Å². The molecule has 216 valence electrons. The summed E-state index contributed by atoms with van der Waals surface area (Å²) in [6, 6.07) is 13.9. The number of nitrogens with one attached hydrogen (secondary N) is 1. The second kappa shape index (κ2) is 12.3. The SMILES string of the molecule is COc1ccccc1-c1c(C2CCCCC2)c2ccc3cc2n1CCN(C)CCN(C)CCCS(=O)(=O)NC3=O. The first kappa shape index (κ1) is 28.6. The van der Waals surface area contributed by atoms with Gasteiger partial charge in [0, 0.05) is 48.2 Å². The summed E-state index contributed by atoms with van der Waals surface area (Å²) in [4.78, 5) is 17.7. The van der Waals surface area contributed by atoms with Crippen LogP contribution in [0.25, 0.3) is 22.2 Å². The number of rotatable bonds is 3. The van der Waals surface area contributed by atoms with Crippen molar-refractivity contribution in [3.63, 3.8) is 0 Å². The monoisotopic (exact) mass is 566 g/mol. The van der Waals surface area contributed by atoms with Crippen molar-refractivity contribution in [2.45, 2.75) is 51.0 Å². The van der Waals surface area contributed by atoms with Crippen LogP contribution in [-0.4, -0.2) is 81.8 Å². The minimum absolute atomic E-state index is 0.0820. The second-order valence-electron chi connectivity index (χ2n) is 11.4. The van der Waals surface area contributed by atoms with Crippen molar-refractivity contribution in [2.24, 2.45) is 0 Å². The lowest BCUT2D eigenvalue weighted by molar-refractivity contribution is 0.0981. The smallest absolute Gasteiger partial charge is 0.264 e. The fraction of sp³-hybridized carbons (Fsp3) is 0.516. The molecule has 0 spiro atoms. The summed E-state index contributed by atoms with van der Waals surface area (Å²) in [6.07, 6.45) is 6.41. The highest BCUT2D eigenvalue weighted by molar-refractivity contribution is 7.90. The number of aromatic nitrogens is 1. The number of carbonyl (C=O) groups is 1. The first-order chi connectivity index (χ1) is 19.3. The number of benzene rings is 2. The second-order valence-corrected chi connectivity index (χ2v) is 13.2. The fourth-order valence-electron chi connectivity index (χ4n) is 6.30. The molecule has 2 aromatic carbocycles. The van der Waals surface area contributed by atoms with Crippen LogP contribution in [0.1, 0.15) is 60.4 Å². The Kier molecular flexibility index (Phi) is 8.83. The molecule has 1 aromatic heterocycles. The van der Waals surface area contributed by atoms with E-state index in [-0.39, 0.29) is 5.75 Å². The summed E-state index contributed by atoms with van der Waals surface area (Å²) in [5.41, 5.74) is 4.83. The van der Waals surface area contributed by atoms with Gasteiger partial charge in [-0.2, -0.15) is 0 Å². The van der Waals surface area contributed by atoms with E-state index in [0.717, 1.165) is 66.9 Å². The molecule has 1 amide bonds. The lowest BCUT2D eigenvalue weighted by Gasteiger charge is -2.25. The van der Waals surface area contributed by atoms with E-state index < -0.39 is 15.9 Å². The van der Waals surface area contributed by atoms with Crippen molar-refractivity contribution in [1.29, 1.82) is 0 Å². The maximum Gasteiger partial charge on any atom is 0.264 e. The van der Waals surface area contributed by atoms with Gasteiger partial charge in [0.15, 0.2) is 0 Å². The molecular formula is C31H42N4O4S. The third-order valence-electron chi connectivity index (χ3n) is 8.51. The molecule has 0 atom stereocenters. The molecule has 0 radical (unpaired) electrons. The molecule has 2 aliphatic rings. The van der Waals surface area contributed by atoms with Gasteiger partial charge in [-0.25, -0.2) is 13.1 Å². The molecule has 9 heteroatoms. The van der Waals surface area contributed by atoms with Gasteiger partial charge in [0.05, 0.1) is 18.6 Å². The van der Waals surface area contributed by atoms with Gasteiger partial charge in [0.1, 0.15) is 5.75 Å². The Balaban J connectivity index is 1.71. The molecule has 8 nitrogen and oxygen atoms in total. The van der Waals surface area contributed by atoms with Crippen LogP contribution in [-0.2, 0) is 16.6 Å². The van der Waals surface area contributed by atoms with Crippen LogP contribution in [0.5, 0.6) is 5.75 Å². The van der Waals surface area contributed by atoms with Gasteiger partial charge in [-0.1, -0.05) is 37.5 Å². The Labute approximate surface area is 238 Å². The van der Waals surface area contributed by atoms with Crippen LogP contribution < -0.4 is 9.46 Å². The summed E-state index contributed by atoms with van der Waals surface area (Å²) in [5.74, 6) is 0.578. The Hall–Kier alpha value is -2.88. The van der Waals surface area contributed by atoms with E-state index in [1.807, 2.05) is 31.3 Å². The van der Waals surface area contributed by atoms with Gasteiger partial charge < -0.3 is 19.1 Å². The van der Waals surface area contributed by atoms with E-state index in [1.165, 1.54) is 24.8 Å². The Morgan fingerprint density at radius 1 is 0.875 bits per heavy atom. The molecule has 1 aliphatic heterocycles. The number of hydrogen-bond donors (Lipinski definition) is 1. The number of para-hydroxylation sites is 1. The number of amides is 1. The number of carbonyl (C=O) groups excluding carboxylic acids is 1. The molecule has 3 aromatic rings. The van der Waals surface area contributed by atoms with Crippen LogP contribution in [0.2, 0.25) is 0 Å². The van der Waals surface area contributed by atoms with E-state index in [1.54, 1.807) is 13.2 Å². The molecule has 2 bridgehead atoms. The topological polar surface area (TPSA) is 83.9 Å². The molecule has 1 aliphatic carbocycles. The molecule has 0 saturated heterocycles. The molecule has 1 fully saturated rings. The van der Waals surface area contributed by atoms with Crippen LogP contribution in [0.3, 0.4) is 0 Å². The number of nitrogens with zero attached hydrogens (tertiary/aromatic N) is 3. The maximum atomic E-state index is 13.2. The summed E-state index contributed by atoms with van der Waals surface area (Å²) < 4.78 is 36.0. The van der Waals surface area contributed by atoms with Crippen molar-refractivity contribution >= 4 is 26.8 Å². The molecule has 1 saturated carbocycles. The van der Waals surface area contributed by atoms with Crippen molar-refractivity contribution in [3.05, 3.63) is 53.6 Å². The van der Waals surface area contributed by atoms with Gasteiger partial charge in [0.25, 0.3) is 5.91 Å². The number of fused-ring (bicyclic) bond motifs is 1. The third-order valence-corrected chi connectivity index (χ3v) is 9.83. The Morgan fingerprint density at radius 3 is 2.33 bits per heavy atom. The molecule has 2 heterocycles. The lowest BCUT2D eigenvalue weighted by atomic mass is 9.81. The van der Waals surface area contributed by atoms with Crippen molar-refractivity contribution in [3.8, 4) is 17.0 Å². The van der Waals surface area contributed by atoms with Gasteiger partial charge in [-0.05, 0) is 75.6 Å². The summed E-state index contributed by atoms with van der Waals surface area (Å²) >= 11 is 0. The van der Waals surface area contributed by atoms with Gasteiger partial charge >= 0.3 is 0 Å². The number of methoxy groups -OCH3 is 1. The zero-order chi connectivity index (χ0) is 28.3. The highest BCUT2D eigenvalue weighted by atomic mass is 32.2. The predicted octanol–water partition coefficient (Wildman–Crippen LogP) is 4.69. The molecule has 0 unspecified atom stereocenters. The minimum atomic E-state index is -3.74. The van der Waals surface area contributed by atoms with E-state index in [4.69, 9.17) is 4.74 Å².